The number of allylic oxidation sites excluding steroid dienone is 1. The van der Waals surface area contributed by atoms with Crippen LogP contribution < -0.4 is 10.6 Å². The lowest BCUT2D eigenvalue weighted by atomic mass is 10.5. The van der Waals surface area contributed by atoms with Gasteiger partial charge >= 0.3 is 6.03 Å². The number of rotatable bonds is 4. The molecule has 0 saturated heterocycles. The van der Waals surface area contributed by atoms with E-state index in [1.807, 2.05) is 0 Å². The molecule has 14 heavy (non-hydrogen) atoms. The first-order valence-electron chi connectivity index (χ1n) is 4.37. The summed E-state index contributed by atoms with van der Waals surface area (Å²) >= 11 is 0. The predicted molar refractivity (Wildman–Crippen MR) is 55.4 cm³/mol. The number of amides is 3. The van der Waals surface area contributed by atoms with Crippen molar-refractivity contribution in [2.45, 2.75) is 13.8 Å². The summed E-state index contributed by atoms with van der Waals surface area (Å²) in [5, 5.41) is 5.09. The summed E-state index contributed by atoms with van der Waals surface area (Å²) < 4.78 is 0. The second kappa shape index (κ2) is 7.97. The maximum atomic E-state index is 10.9. The lowest BCUT2D eigenvalue weighted by molar-refractivity contribution is -0.116. The van der Waals surface area contributed by atoms with Crippen LogP contribution in [0.3, 0.4) is 0 Å². The number of hydrogen-bond donors (Lipinski definition) is 2. The number of aliphatic imine (C=N–C) groups is 1. The van der Waals surface area contributed by atoms with Gasteiger partial charge in [-0.15, -0.1) is 0 Å². The highest BCUT2D eigenvalue weighted by Gasteiger charge is 1.95. The molecule has 78 valence electrons. The molecule has 0 bridgehead atoms. The highest BCUT2D eigenvalue weighted by molar-refractivity contribution is 5.87. The Morgan fingerprint density at radius 3 is 2.43 bits per heavy atom. The zero-order valence-corrected chi connectivity index (χ0v) is 8.41. The van der Waals surface area contributed by atoms with Gasteiger partial charge in [-0.2, -0.15) is 0 Å². The third-order valence-corrected chi connectivity index (χ3v) is 1.26. The number of nitrogens with zero attached hydrogens (tertiary/aromatic N) is 1. The van der Waals surface area contributed by atoms with Crippen molar-refractivity contribution < 1.29 is 9.59 Å². The van der Waals surface area contributed by atoms with Gasteiger partial charge in [-0.1, -0.05) is 6.08 Å². The van der Waals surface area contributed by atoms with E-state index in [1.54, 1.807) is 19.9 Å². The zero-order chi connectivity index (χ0) is 10.8. The topological polar surface area (TPSA) is 70.6 Å². The Balaban J connectivity index is 3.47. The molecule has 0 fully saturated rings. The highest BCUT2D eigenvalue weighted by atomic mass is 16.2. The molecule has 0 aromatic rings. The number of hydrogen-bond acceptors (Lipinski definition) is 2. The molecule has 0 spiro atoms. The molecular formula is C9H15N3O2. The van der Waals surface area contributed by atoms with Gasteiger partial charge in [0, 0.05) is 19.3 Å². The van der Waals surface area contributed by atoms with Crippen molar-refractivity contribution in [1.82, 2.24) is 10.6 Å². The summed E-state index contributed by atoms with van der Waals surface area (Å²) in [7, 11) is 0. The summed E-state index contributed by atoms with van der Waals surface area (Å²) in [6.07, 6.45) is 4.48. The van der Waals surface area contributed by atoms with Crippen LogP contribution in [0.2, 0.25) is 0 Å². The molecule has 5 nitrogen and oxygen atoms in total. The molecule has 3 amide bonds. The average molecular weight is 197 g/mol. The van der Waals surface area contributed by atoms with E-state index in [2.05, 4.69) is 15.6 Å². The standard InChI is InChI=1S/C9H15N3O2/c1-3-5-8(13)11-6-7-12-9(14)10-4-2/h3-5H,6-7H2,1-2H3,(H,11,13)(H,12,14)/b5-3+,10-4?. The third-order valence-electron chi connectivity index (χ3n) is 1.26. The molecule has 0 aliphatic carbocycles. The first kappa shape index (κ1) is 12.3. The minimum atomic E-state index is -0.396. The second-order valence-electron chi connectivity index (χ2n) is 2.41. The van der Waals surface area contributed by atoms with Gasteiger partial charge in [0.15, 0.2) is 0 Å². The smallest absolute Gasteiger partial charge is 0.340 e. The molecule has 2 N–H and O–H groups in total. The minimum absolute atomic E-state index is 0.166. The normalized spacial score (nSPS) is 10.7. The van der Waals surface area contributed by atoms with Crippen LogP contribution in [0.25, 0.3) is 0 Å². The van der Waals surface area contributed by atoms with E-state index in [9.17, 15) is 9.59 Å². The van der Waals surface area contributed by atoms with Crippen LogP contribution in [-0.2, 0) is 4.79 Å². The third kappa shape index (κ3) is 7.02. The van der Waals surface area contributed by atoms with E-state index in [1.165, 1.54) is 12.3 Å². The number of urea groups is 1. The van der Waals surface area contributed by atoms with Crippen LogP contribution in [0.1, 0.15) is 13.8 Å². The zero-order valence-electron chi connectivity index (χ0n) is 8.41. The summed E-state index contributed by atoms with van der Waals surface area (Å²) in [5.41, 5.74) is 0. The first-order chi connectivity index (χ1) is 6.70. The van der Waals surface area contributed by atoms with Crippen molar-refractivity contribution >= 4 is 18.2 Å². The van der Waals surface area contributed by atoms with Crippen molar-refractivity contribution in [2.24, 2.45) is 4.99 Å². The molecule has 0 unspecified atom stereocenters. The van der Waals surface area contributed by atoms with Crippen LogP contribution in [-0.4, -0.2) is 31.2 Å². The molecule has 5 heteroatoms. The van der Waals surface area contributed by atoms with Crippen LogP contribution in [0.4, 0.5) is 4.79 Å². The molecule has 0 rings (SSSR count). The lowest BCUT2D eigenvalue weighted by Gasteiger charge is -2.01. The molecule has 0 aliphatic heterocycles. The van der Waals surface area contributed by atoms with Crippen LogP contribution >= 0.6 is 0 Å². The fraction of sp³-hybridized carbons (Fsp3) is 0.444. The van der Waals surface area contributed by atoms with Gasteiger partial charge in [-0.3, -0.25) is 4.79 Å². The van der Waals surface area contributed by atoms with Crippen molar-refractivity contribution in [2.75, 3.05) is 13.1 Å². The van der Waals surface area contributed by atoms with Gasteiger partial charge in [-0.05, 0) is 19.9 Å². The Labute approximate surface area is 83.3 Å². The largest absolute Gasteiger partial charge is 0.351 e. The van der Waals surface area contributed by atoms with Gasteiger partial charge in [0.25, 0.3) is 0 Å². The van der Waals surface area contributed by atoms with E-state index in [0.29, 0.717) is 13.1 Å². The molecule has 0 saturated carbocycles. The summed E-state index contributed by atoms with van der Waals surface area (Å²) in [6, 6.07) is -0.396. The summed E-state index contributed by atoms with van der Waals surface area (Å²) in [5.74, 6) is -0.166. The first-order valence-corrected chi connectivity index (χ1v) is 4.37. The lowest BCUT2D eigenvalue weighted by Crippen LogP contribution is -2.32. The molecule has 0 atom stereocenters. The number of nitrogens with one attached hydrogen (secondary N) is 2. The Bertz CT molecular complexity index is 220. The van der Waals surface area contributed by atoms with Crippen LogP contribution in [0, 0.1) is 0 Å². The summed E-state index contributed by atoms with van der Waals surface area (Å²) in [6.45, 7) is 4.19. The number of carbonyl (C=O) groups is 2. The Morgan fingerprint density at radius 2 is 1.86 bits per heavy atom. The molecular weight excluding hydrogens is 182 g/mol. The molecule has 0 aromatic carbocycles. The molecule has 0 aliphatic rings. The van der Waals surface area contributed by atoms with Crippen molar-refractivity contribution in [3.05, 3.63) is 12.2 Å². The van der Waals surface area contributed by atoms with Crippen LogP contribution in [0.5, 0.6) is 0 Å². The average Bonchev–Trinajstić information content (AvgIpc) is 2.13. The van der Waals surface area contributed by atoms with Gasteiger partial charge in [0.1, 0.15) is 0 Å². The van der Waals surface area contributed by atoms with E-state index < -0.39 is 6.03 Å². The van der Waals surface area contributed by atoms with Crippen molar-refractivity contribution in [1.29, 1.82) is 0 Å². The quantitative estimate of drug-likeness (QED) is 0.391. The highest BCUT2D eigenvalue weighted by Crippen LogP contribution is 1.73. The van der Waals surface area contributed by atoms with Gasteiger partial charge in [0.05, 0.1) is 0 Å². The fourth-order valence-electron chi connectivity index (χ4n) is 0.728. The minimum Gasteiger partial charge on any atom is -0.351 e. The molecule has 0 radical (unpaired) electrons. The maximum absolute atomic E-state index is 10.9. The predicted octanol–water partition coefficient (Wildman–Crippen LogP) is 0.479. The SMILES string of the molecule is CC=NC(=O)NCCNC(=O)/C=C/C. The van der Waals surface area contributed by atoms with Crippen molar-refractivity contribution in [3.8, 4) is 0 Å². The molecule has 0 heterocycles. The molecule has 0 aromatic heterocycles. The second-order valence-corrected chi connectivity index (χ2v) is 2.41. The fourth-order valence-corrected chi connectivity index (χ4v) is 0.728. The van der Waals surface area contributed by atoms with Gasteiger partial charge in [0.2, 0.25) is 5.91 Å². The maximum Gasteiger partial charge on any atom is 0.340 e. The Morgan fingerprint density at radius 1 is 1.21 bits per heavy atom. The van der Waals surface area contributed by atoms with E-state index in [-0.39, 0.29) is 5.91 Å². The van der Waals surface area contributed by atoms with Gasteiger partial charge < -0.3 is 10.6 Å². The van der Waals surface area contributed by atoms with E-state index in [4.69, 9.17) is 0 Å². The van der Waals surface area contributed by atoms with Crippen LogP contribution in [0.15, 0.2) is 17.1 Å². The van der Waals surface area contributed by atoms with E-state index in [0.717, 1.165) is 0 Å². The van der Waals surface area contributed by atoms with Gasteiger partial charge in [-0.25, -0.2) is 9.79 Å². The number of carbonyl (C=O) groups excluding carboxylic acids is 2. The Kier molecular flexibility index (Phi) is 7.03. The van der Waals surface area contributed by atoms with Crippen molar-refractivity contribution in [3.63, 3.8) is 0 Å². The Hall–Kier alpha value is -1.65. The summed E-state index contributed by atoms with van der Waals surface area (Å²) in [4.78, 5) is 25.1. The monoisotopic (exact) mass is 197 g/mol. The van der Waals surface area contributed by atoms with E-state index >= 15 is 0 Å².